The van der Waals surface area contributed by atoms with Gasteiger partial charge in [0, 0.05) is 37.3 Å². The highest BCUT2D eigenvalue weighted by Gasteiger charge is 2.50. The Morgan fingerprint density at radius 3 is 2.50 bits per heavy atom. The molecule has 0 spiro atoms. The second kappa shape index (κ2) is 7.55. The van der Waals surface area contributed by atoms with Gasteiger partial charge in [-0.15, -0.1) is 0 Å². The van der Waals surface area contributed by atoms with Crippen LogP contribution in [0, 0.1) is 29.1 Å². The molecule has 4 aliphatic carbocycles. The average molecular weight is 462 g/mol. The van der Waals surface area contributed by atoms with Crippen LogP contribution in [-0.4, -0.2) is 63.5 Å². The second-order valence-electron chi connectivity index (χ2n) is 11.5. The molecule has 2 aromatic rings. The Balaban J connectivity index is 0.940. The van der Waals surface area contributed by atoms with Gasteiger partial charge < -0.3 is 14.5 Å². The summed E-state index contributed by atoms with van der Waals surface area (Å²) in [5.41, 5.74) is 3.59. The lowest BCUT2D eigenvalue weighted by Gasteiger charge is -2.57. The molecular weight excluding hydrogens is 430 g/mol. The lowest BCUT2D eigenvalue weighted by atomic mass is 9.49. The van der Waals surface area contributed by atoms with Crippen LogP contribution in [0.3, 0.4) is 0 Å². The Morgan fingerprint density at radius 1 is 1.03 bits per heavy atom. The van der Waals surface area contributed by atoms with Gasteiger partial charge in [0.2, 0.25) is 0 Å². The molecule has 3 heterocycles. The summed E-state index contributed by atoms with van der Waals surface area (Å²) in [7, 11) is 0. The van der Waals surface area contributed by atoms with E-state index < -0.39 is 0 Å². The van der Waals surface area contributed by atoms with Crippen LogP contribution < -0.4 is 0 Å². The molecule has 178 valence electrons. The number of carbonyl (C=O) groups excluding carboxylic acids is 2. The Morgan fingerprint density at radius 2 is 1.76 bits per heavy atom. The molecule has 2 amide bonds. The van der Waals surface area contributed by atoms with Gasteiger partial charge in [0.1, 0.15) is 11.0 Å². The van der Waals surface area contributed by atoms with E-state index in [0.29, 0.717) is 42.7 Å². The van der Waals surface area contributed by atoms with Crippen LogP contribution in [0.5, 0.6) is 0 Å². The zero-order chi connectivity index (χ0) is 22.9. The third-order valence-corrected chi connectivity index (χ3v) is 9.18. The predicted octanol–water partition coefficient (Wildman–Crippen LogP) is 3.97. The molecule has 0 radical (unpaired) electrons. The van der Waals surface area contributed by atoms with Crippen molar-refractivity contribution in [1.82, 2.24) is 25.2 Å². The summed E-state index contributed by atoms with van der Waals surface area (Å²) >= 11 is 0. The normalized spacial score (nSPS) is 33.5. The minimum atomic E-state index is -0.200. The van der Waals surface area contributed by atoms with Crippen molar-refractivity contribution in [3.8, 4) is 0 Å². The lowest BCUT2D eigenvalue weighted by molar-refractivity contribution is -0.0651. The number of H-pyrrole nitrogens is 1. The monoisotopic (exact) mass is 461 g/mol. The fourth-order valence-corrected chi connectivity index (χ4v) is 8.07. The van der Waals surface area contributed by atoms with Crippen LogP contribution in [0.2, 0.25) is 0 Å². The number of aromatic nitrogens is 3. The van der Waals surface area contributed by atoms with E-state index in [2.05, 4.69) is 15.4 Å². The number of nitrogens with one attached hydrogen (secondary N) is 1. The SMILES string of the molecule is O=C(c1ccc2n[nH]nc2c1)N1C=C2CN(C(=O)OCCC34CC5CC(CC(C5)C3)C4)C[C@@H]2C1. The molecule has 1 atom stereocenters. The second-order valence-corrected chi connectivity index (χ2v) is 11.5. The van der Waals surface area contributed by atoms with Gasteiger partial charge in [-0.2, -0.15) is 15.4 Å². The molecule has 0 unspecified atom stereocenters. The number of benzene rings is 1. The third kappa shape index (κ3) is 3.41. The summed E-state index contributed by atoms with van der Waals surface area (Å²) < 4.78 is 5.77. The van der Waals surface area contributed by atoms with E-state index in [9.17, 15) is 9.59 Å². The van der Waals surface area contributed by atoms with E-state index in [-0.39, 0.29) is 17.9 Å². The number of amides is 2. The topological polar surface area (TPSA) is 91.4 Å². The van der Waals surface area contributed by atoms with Crippen molar-refractivity contribution in [1.29, 1.82) is 0 Å². The van der Waals surface area contributed by atoms with E-state index in [1.165, 1.54) is 38.5 Å². The molecule has 5 fully saturated rings. The van der Waals surface area contributed by atoms with Gasteiger partial charge in [-0.1, -0.05) is 0 Å². The van der Waals surface area contributed by atoms with Gasteiger partial charge in [-0.25, -0.2) is 4.79 Å². The van der Waals surface area contributed by atoms with Gasteiger partial charge in [-0.05, 0) is 91.9 Å². The number of hydrogen-bond donors (Lipinski definition) is 1. The molecule has 8 rings (SSSR count). The van der Waals surface area contributed by atoms with Crippen molar-refractivity contribution in [3.05, 3.63) is 35.5 Å². The summed E-state index contributed by atoms with van der Waals surface area (Å²) in [4.78, 5) is 29.3. The molecule has 8 heteroatoms. The van der Waals surface area contributed by atoms with Gasteiger partial charge in [0.15, 0.2) is 0 Å². The van der Waals surface area contributed by atoms with Crippen LogP contribution >= 0.6 is 0 Å². The van der Waals surface area contributed by atoms with Crippen LogP contribution in [-0.2, 0) is 4.74 Å². The van der Waals surface area contributed by atoms with Crippen molar-refractivity contribution in [3.63, 3.8) is 0 Å². The first-order valence-electron chi connectivity index (χ1n) is 12.8. The van der Waals surface area contributed by atoms with E-state index >= 15 is 0 Å². The lowest BCUT2D eigenvalue weighted by Crippen LogP contribution is -2.46. The summed E-state index contributed by atoms with van der Waals surface area (Å²) in [5, 5.41) is 10.7. The van der Waals surface area contributed by atoms with E-state index in [1.54, 1.807) is 28.0 Å². The molecule has 4 bridgehead atoms. The largest absolute Gasteiger partial charge is 0.449 e. The van der Waals surface area contributed by atoms with Gasteiger partial charge in [0.25, 0.3) is 5.91 Å². The molecule has 8 nitrogen and oxygen atoms in total. The summed E-state index contributed by atoms with van der Waals surface area (Å²) in [6, 6.07) is 5.35. The molecule has 2 aliphatic heterocycles. The first kappa shape index (κ1) is 20.5. The third-order valence-electron chi connectivity index (χ3n) is 9.18. The van der Waals surface area contributed by atoms with Crippen LogP contribution in [0.15, 0.2) is 30.0 Å². The van der Waals surface area contributed by atoms with Crippen molar-refractivity contribution >= 4 is 23.0 Å². The minimum absolute atomic E-state index is 0.0449. The molecule has 1 N–H and O–H groups in total. The van der Waals surface area contributed by atoms with E-state index in [4.69, 9.17) is 4.74 Å². The number of ether oxygens (including phenoxy) is 1. The molecule has 4 saturated carbocycles. The first-order valence-corrected chi connectivity index (χ1v) is 12.8. The number of fused-ring (bicyclic) bond motifs is 2. The molecular formula is C26H31N5O3. The molecule has 1 saturated heterocycles. The Bertz CT molecular complexity index is 1150. The van der Waals surface area contributed by atoms with E-state index in [1.807, 2.05) is 6.20 Å². The molecule has 6 aliphatic rings. The number of aromatic amines is 1. The van der Waals surface area contributed by atoms with Crippen LogP contribution in [0.25, 0.3) is 11.0 Å². The van der Waals surface area contributed by atoms with Crippen molar-refractivity contribution in [2.75, 3.05) is 26.2 Å². The fourth-order valence-electron chi connectivity index (χ4n) is 8.07. The highest BCUT2D eigenvalue weighted by atomic mass is 16.6. The van der Waals surface area contributed by atoms with Gasteiger partial charge in [0.05, 0.1) is 6.61 Å². The molecule has 1 aromatic carbocycles. The van der Waals surface area contributed by atoms with Crippen molar-refractivity contribution in [2.45, 2.75) is 44.9 Å². The predicted molar refractivity (Wildman–Crippen MR) is 125 cm³/mol. The molecule has 1 aromatic heterocycles. The smallest absolute Gasteiger partial charge is 0.410 e. The maximum atomic E-state index is 13.0. The Labute approximate surface area is 198 Å². The highest BCUT2D eigenvalue weighted by Crippen LogP contribution is 2.61. The van der Waals surface area contributed by atoms with E-state index in [0.717, 1.165) is 35.3 Å². The average Bonchev–Trinajstić information content (AvgIpc) is 3.51. The quantitative estimate of drug-likeness (QED) is 0.744. The number of nitrogens with zero attached hydrogens (tertiary/aromatic N) is 4. The standard InChI is InChI=1S/C26H31N5O3/c32-24(19-1-2-22-23(8-19)28-29-27-22)30-12-20-14-31(15-21(20)13-30)25(33)34-4-3-26-9-16-5-17(10-26)7-18(6-16)11-26/h1-2,8,12,16-18,21H,3-7,9-11,13-15H2,(H,27,28,29)/t16?,17?,18?,21-,26?/m0/s1. The molecule has 34 heavy (non-hydrogen) atoms. The Hall–Kier alpha value is -2.90. The maximum Gasteiger partial charge on any atom is 0.410 e. The summed E-state index contributed by atoms with van der Waals surface area (Å²) in [6.07, 6.45) is 11.1. The maximum absolute atomic E-state index is 13.0. The number of rotatable bonds is 4. The van der Waals surface area contributed by atoms with Crippen LogP contribution in [0.4, 0.5) is 4.79 Å². The fraction of sp³-hybridized carbons (Fsp3) is 0.615. The van der Waals surface area contributed by atoms with Crippen molar-refractivity contribution < 1.29 is 14.3 Å². The highest BCUT2D eigenvalue weighted by molar-refractivity contribution is 5.98. The Kier molecular flexibility index (Phi) is 4.55. The number of carbonyl (C=O) groups is 2. The number of likely N-dealkylation sites (tertiary alicyclic amines) is 1. The van der Waals surface area contributed by atoms with Gasteiger partial charge in [-0.3, -0.25) is 4.79 Å². The number of hydrogen-bond acceptors (Lipinski definition) is 5. The summed E-state index contributed by atoms with van der Waals surface area (Å²) in [5.74, 6) is 2.92. The zero-order valence-corrected chi connectivity index (χ0v) is 19.4. The summed E-state index contributed by atoms with van der Waals surface area (Å²) in [6.45, 7) is 2.31. The minimum Gasteiger partial charge on any atom is -0.449 e. The van der Waals surface area contributed by atoms with Crippen molar-refractivity contribution in [2.24, 2.45) is 29.1 Å². The first-order chi connectivity index (χ1) is 16.5. The van der Waals surface area contributed by atoms with Crippen LogP contribution in [0.1, 0.15) is 55.3 Å². The zero-order valence-electron chi connectivity index (χ0n) is 19.4. The van der Waals surface area contributed by atoms with Gasteiger partial charge >= 0.3 is 6.09 Å².